The summed E-state index contributed by atoms with van der Waals surface area (Å²) in [6.07, 6.45) is 17.3. The van der Waals surface area contributed by atoms with E-state index in [4.69, 9.17) is 0 Å². The largest absolute Gasteiger partial charge is 0.505 e. The van der Waals surface area contributed by atoms with Gasteiger partial charge in [-0.3, -0.25) is 0 Å². The zero-order valence-corrected chi connectivity index (χ0v) is 30.2. The van der Waals surface area contributed by atoms with Gasteiger partial charge in [0, 0.05) is 58.0 Å². The Bertz CT molecular complexity index is 1520. The maximum absolute atomic E-state index is 11.5. The number of thioether (sulfide) groups is 2. The van der Waals surface area contributed by atoms with Crippen molar-refractivity contribution in [2.24, 2.45) is 0 Å². The van der Waals surface area contributed by atoms with Crippen LogP contribution in [0.1, 0.15) is 115 Å². The number of aromatic hydroxyl groups is 1. The minimum Gasteiger partial charge on any atom is -0.505 e. The van der Waals surface area contributed by atoms with Gasteiger partial charge in [0.05, 0.1) is 5.69 Å². The molecule has 0 radical (unpaired) electrons. The predicted molar refractivity (Wildman–Crippen MR) is 198 cm³/mol. The second-order valence-corrected chi connectivity index (χ2v) is 17.3. The molecule has 2 aromatic carbocycles. The average molecular weight is 643 g/mol. The third kappa shape index (κ3) is 8.27. The van der Waals surface area contributed by atoms with Gasteiger partial charge in [-0.05, 0) is 88.7 Å². The van der Waals surface area contributed by atoms with E-state index in [2.05, 4.69) is 125 Å². The highest BCUT2D eigenvalue weighted by molar-refractivity contribution is 8.03. The van der Waals surface area contributed by atoms with Crippen molar-refractivity contribution >= 4 is 23.5 Å². The van der Waals surface area contributed by atoms with Crippen LogP contribution in [-0.2, 0) is 28.8 Å². The van der Waals surface area contributed by atoms with Gasteiger partial charge in [0.25, 0.3) is 0 Å². The summed E-state index contributed by atoms with van der Waals surface area (Å²) in [4.78, 5) is 0. The summed E-state index contributed by atoms with van der Waals surface area (Å²) in [5.41, 5.74) is 9.03. The van der Waals surface area contributed by atoms with E-state index in [1.54, 1.807) is 0 Å². The summed E-state index contributed by atoms with van der Waals surface area (Å²) in [6.45, 7) is 16.1. The first-order valence-corrected chi connectivity index (χ1v) is 19.1. The van der Waals surface area contributed by atoms with Gasteiger partial charge in [0.15, 0.2) is 0 Å². The number of hydrogen-bond acceptors (Lipinski definition) is 3. The summed E-state index contributed by atoms with van der Waals surface area (Å²) >= 11 is 4.27. The molecule has 0 aliphatic heterocycles. The fourth-order valence-electron chi connectivity index (χ4n) is 6.52. The van der Waals surface area contributed by atoms with Crippen LogP contribution in [-0.4, -0.2) is 24.7 Å². The SMILES string of the molecule is CCc1c(CSC2CCCCCC[C@@H]2SCc2cc(C(C)(C)C)cc(-n3cccc3)c2O)cc(C(C)(C)C)cc1-n1cccc1. The molecule has 0 amide bonds. The molecule has 1 aliphatic rings. The molecule has 4 aromatic rings. The molecule has 2 aromatic heterocycles. The van der Waals surface area contributed by atoms with Crippen LogP contribution < -0.4 is 0 Å². The van der Waals surface area contributed by atoms with Crippen LogP contribution in [0.5, 0.6) is 5.75 Å². The van der Waals surface area contributed by atoms with E-state index in [1.807, 2.05) is 29.1 Å². The van der Waals surface area contributed by atoms with Gasteiger partial charge in [0.1, 0.15) is 5.75 Å². The van der Waals surface area contributed by atoms with Crippen molar-refractivity contribution in [3.05, 3.63) is 101 Å². The molecule has 45 heavy (non-hydrogen) atoms. The van der Waals surface area contributed by atoms with Crippen molar-refractivity contribution in [1.82, 2.24) is 9.13 Å². The smallest absolute Gasteiger partial charge is 0.143 e. The van der Waals surface area contributed by atoms with Gasteiger partial charge in [-0.1, -0.05) is 86.3 Å². The Hall–Kier alpha value is -2.50. The minimum atomic E-state index is 0.00568. The lowest BCUT2D eigenvalue weighted by Gasteiger charge is -2.30. The number of hydrogen-bond donors (Lipinski definition) is 1. The van der Waals surface area contributed by atoms with Crippen LogP contribution >= 0.6 is 23.5 Å². The molecular formula is C40H54N2OS2. The summed E-state index contributed by atoms with van der Waals surface area (Å²) in [6, 6.07) is 17.7. The van der Waals surface area contributed by atoms with Crippen LogP contribution in [0, 0.1) is 0 Å². The van der Waals surface area contributed by atoms with Crippen LogP contribution in [0.2, 0.25) is 0 Å². The fourth-order valence-corrected chi connectivity index (χ4v) is 9.62. The maximum atomic E-state index is 11.5. The van der Waals surface area contributed by atoms with Gasteiger partial charge < -0.3 is 14.2 Å². The molecule has 0 bridgehead atoms. The first kappa shape index (κ1) is 33.9. The number of aromatic nitrogens is 2. The molecule has 1 unspecified atom stereocenters. The van der Waals surface area contributed by atoms with Gasteiger partial charge in [-0.25, -0.2) is 0 Å². The highest BCUT2D eigenvalue weighted by atomic mass is 32.2. The zero-order valence-electron chi connectivity index (χ0n) is 28.6. The Labute approximate surface area is 281 Å². The summed E-state index contributed by atoms with van der Waals surface area (Å²) in [5, 5.41) is 12.7. The van der Waals surface area contributed by atoms with E-state index in [-0.39, 0.29) is 10.8 Å². The molecule has 5 rings (SSSR count). The maximum Gasteiger partial charge on any atom is 0.143 e. The number of benzene rings is 2. The quantitative estimate of drug-likeness (QED) is 0.197. The lowest BCUT2D eigenvalue weighted by molar-refractivity contribution is 0.466. The van der Waals surface area contributed by atoms with Crippen molar-refractivity contribution in [3.8, 4) is 17.1 Å². The molecule has 1 aliphatic carbocycles. The third-order valence-electron chi connectivity index (χ3n) is 9.39. The number of phenolic OH excluding ortho intramolecular Hbond substituents is 1. The van der Waals surface area contributed by atoms with E-state index in [9.17, 15) is 5.11 Å². The first-order valence-electron chi connectivity index (χ1n) is 17.0. The minimum absolute atomic E-state index is 0.00568. The second kappa shape index (κ2) is 14.5. The van der Waals surface area contributed by atoms with Crippen molar-refractivity contribution in [2.45, 2.75) is 126 Å². The molecule has 2 atom stereocenters. The van der Waals surface area contributed by atoms with Crippen LogP contribution in [0.3, 0.4) is 0 Å². The predicted octanol–water partition coefficient (Wildman–Crippen LogP) is 11.4. The van der Waals surface area contributed by atoms with E-state index >= 15 is 0 Å². The molecule has 1 fully saturated rings. The van der Waals surface area contributed by atoms with Crippen molar-refractivity contribution in [2.75, 3.05) is 0 Å². The highest BCUT2D eigenvalue weighted by Crippen LogP contribution is 2.41. The average Bonchev–Trinajstić information content (AvgIpc) is 3.71. The lowest BCUT2D eigenvalue weighted by Crippen LogP contribution is -2.23. The van der Waals surface area contributed by atoms with E-state index < -0.39 is 0 Å². The Morgan fingerprint density at radius 1 is 0.644 bits per heavy atom. The molecule has 242 valence electrons. The van der Waals surface area contributed by atoms with Crippen molar-refractivity contribution in [1.29, 1.82) is 0 Å². The van der Waals surface area contributed by atoms with Crippen LogP contribution in [0.4, 0.5) is 0 Å². The highest BCUT2D eigenvalue weighted by Gasteiger charge is 2.27. The topological polar surface area (TPSA) is 30.1 Å². The van der Waals surface area contributed by atoms with E-state index in [0.29, 0.717) is 16.2 Å². The Balaban J connectivity index is 1.41. The molecule has 0 saturated heterocycles. The number of nitrogens with zero attached hydrogens (tertiary/aromatic N) is 2. The molecule has 1 saturated carbocycles. The van der Waals surface area contributed by atoms with Crippen molar-refractivity contribution < 1.29 is 5.11 Å². The van der Waals surface area contributed by atoms with Gasteiger partial charge >= 0.3 is 0 Å². The lowest BCUT2D eigenvalue weighted by atomic mass is 9.84. The van der Waals surface area contributed by atoms with Crippen LogP contribution in [0.15, 0.2) is 73.3 Å². The Morgan fingerprint density at radius 2 is 1.09 bits per heavy atom. The summed E-state index contributed by atoms with van der Waals surface area (Å²) in [5.74, 6) is 2.31. The summed E-state index contributed by atoms with van der Waals surface area (Å²) in [7, 11) is 0. The molecular weight excluding hydrogens is 589 g/mol. The van der Waals surface area contributed by atoms with E-state index in [0.717, 1.165) is 29.2 Å². The zero-order chi connectivity index (χ0) is 32.2. The van der Waals surface area contributed by atoms with Gasteiger partial charge in [-0.2, -0.15) is 23.5 Å². The molecule has 1 N–H and O–H groups in total. The standard InChI is InChI=1S/C40H54N2OS2/c1-8-33-29(23-31(39(2,3)4)25-34(33)41-19-13-14-20-41)27-44-36-17-11-9-10-12-18-37(36)45-28-30-24-32(40(5,6)7)26-35(38(30)43)42-21-15-16-22-42/h13-16,19-26,36-37,43H,8-12,17-18,27-28H2,1-7H3/t36?,37-/m0/s1. The molecule has 0 spiro atoms. The molecule has 3 nitrogen and oxygen atoms in total. The van der Waals surface area contributed by atoms with Gasteiger partial charge in [0.2, 0.25) is 0 Å². The molecule has 2 heterocycles. The second-order valence-electron chi connectivity index (χ2n) is 14.9. The third-order valence-corrected chi connectivity index (χ3v) is 12.5. The fraction of sp³-hybridized carbons (Fsp3) is 0.500. The Morgan fingerprint density at radius 3 is 1.58 bits per heavy atom. The van der Waals surface area contributed by atoms with E-state index in [1.165, 1.54) is 66.5 Å². The normalized spacial score (nSPS) is 18.1. The van der Waals surface area contributed by atoms with Crippen molar-refractivity contribution in [3.63, 3.8) is 0 Å². The molecule has 5 heteroatoms. The number of phenols is 1. The summed E-state index contributed by atoms with van der Waals surface area (Å²) < 4.78 is 4.35. The van der Waals surface area contributed by atoms with Crippen LogP contribution in [0.25, 0.3) is 11.4 Å². The van der Waals surface area contributed by atoms with Gasteiger partial charge in [-0.15, -0.1) is 0 Å². The first-order chi connectivity index (χ1) is 21.5. The Kier molecular flexibility index (Phi) is 10.9. The monoisotopic (exact) mass is 642 g/mol. The number of rotatable bonds is 9.